The van der Waals surface area contributed by atoms with Crippen LogP contribution in [-0.4, -0.2) is 15.5 Å². The zero-order valence-corrected chi connectivity index (χ0v) is 11.7. The van der Waals surface area contributed by atoms with Crippen LogP contribution in [-0.2, 0) is 16.6 Å². The predicted octanol–water partition coefficient (Wildman–Crippen LogP) is 2.31. The van der Waals surface area contributed by atoms with Gasteiger partial charge in [0.1, 0.15) is 16.5 Å². The number of nitrogens with one attached hydrogen (secondary N) is 1. The van der Waals surface area contributed by atoms with Crippen LogP contribution in [0, 0.1) is 5.82 Å². The van der Waals surface area contributed by atoms with Crippen molar-refractivity contribution in [1.29, 1.82) is 0 Å². The third-order valence-electron chi connectivity index (χ3n) is 2.74. The summed E-state index contributed by atoms with van der Waals surface area (Å²) in [5.74, 6) is -0.0829. The summed E-state index contributed by atoms with van der Waals surface area (Å²) in [5.41, 5.74) is 0.671. The summed E-state index contributed by atoms with van der Waals surface area (Å²) < 4.78 is 44.6. The number of methoxy groups -OCH3 is 1. The second-order valence-electron chi connectivity index (χ2n) is 4.10. The zero-order chi connectivity index (χ0) is 14.6. The topological polar surface area (TPSA) is 55.4 Å². The minimum Gasteiger partial charge on any atom is -0.495 e. The summed E-state index contributed by atoms with van der Waals surface area (Å²) in [6.07, 6.45) is 0. The quantitative estimate of drug-likeness (QED) is 0.921. The molecule has 0 spiro atoms. The van der Waals surface area contributed by atoms with Gasteiger partial charge in [-0.25, -0.2) is 17.5 Å². The number of sulfonamides is 1. The second-order valence-corrected chi connectivity index (χ2v) is 5.84. The first-order chi connectivity index (χ1) is 9.53. The minimum atomic E-state index is -3.68. The lowest BCUT2D eigenvalue weighted by atomic mass is 10.2. The van der Waals surface area contributed by atoms with Crippen LogP contribution in [0.2, 0.25) is 0 Å². The molecule has 20 heavy (non-hydrogen) atoms. The van der Waals surface area contributed by atoms with Crippen molar-refractivity contribution in [2.75, 3.05) is 7.11 Å². The van der Waals surface area contributed by atoms with Crippen LogP contribution in [0.25, 0.3) is 0 Å². The molecule has 0 aliphatic rings. The molecule has 6 heteroatoms. The fourth-order valence-corrected chi connectivity index (χ4v) is 2.89. The molecule has 0 aliphatic carbocycles. The molecule has 106 valence electrons. The van der Waals surface area contributed by atoms with Crippen molar-refractivity contribution in [2.24, 2.45) is 0 Å². The molecule has 2 aromatic carbocycles. The van der Waals surface area contributed by atoms with E-state index in [-0.39, 0.29) is 23.0 Å². The van der Waals surface area contributed by atoms with E-state index < -0.39 is 10.0 Å². The van der Waals surface area contributed by atoms with E-state index in [1.807, 2.05) is 0 Å². The highest BCUT2D eigenvalue weighted by molar-refractivity contribution is 7.89. The average Bonchev–Trinajstić information content (AvgIpc) is 2.46. The molecule has 0 unspecified atom stereocenters. The Morgan fingerprint density at radius 2 is 1.75 bits per heavy atom. The van der Waals surface area contributed by atoms with Crippen LogP contribution >= 0.6 is 0 Å². The highest BCUT2D eigenvalue weighted by Gasteiger charge is 2.18. The van der Waals surface area contributed by atoms with Crippen LogP contribution < -0.4 is 9.46 Å². The van der Waals surface area contributed by atoms with E-state index in [0.717, 1.165) is 0 Å². The second kappa shape index (κ2) is 6.02. The molecular weight excluding hydrogens is 281 g/mol. The number of hydrogen-bond acceptors (Lipinski definition) is 3. The maximum absolute atomic E-state index is 12.8. The lowest BCUT2D eigenvalue weighted by Crippen LogP contribution is -2.23. The van der Waals surface area contributed by atoms with Crippen LogP contribution in [0.4, 0.5) is 4.39 Å². The van der Waals surface area contributed by atoms with E-state index in [1.54, 1.807) is 18.2 Å². The van der Waals surface area contributed by atoms with Gasteiger partial charge in [-0.15, -0.1) is 0 Å². The number of hydrogen-bond donors (Lipinski definition) is 1. The first kappa shape index (κ1) is 14.5. The SMILES string of the molecule is COc1ccccc1S(=O)(=O)NCc1ccc(F)cc1. The van der Waals surface area contributed by atoms with Gasteiger partial charge in [0.15, 0.2) is 0 Å². The van der Waals surface area contributed by atoms with E-state index >= 15 is 0 Å². The van der Waals surface area contributed by atoms with Gasteiger partial charge >= 0.3 is 0 Å². The Bertz CT molecular complexity index is 684. The van der Waals surface area contributed by atoms with Crippen molar-refractivity contribution >= 4 is 10.0 Å². The smallest absolute Gasteiger partial charge is 0.244 e. The lowest BCUT2D eigenvalue weighted by Gasteiger charge is -2.10. The van der Waals surface area contributed by atoms with Crippen molar-refractivity contribution in [3.63, 3.8) is 0 Å². The van der Waals surface area contributed by atoms with Gasteiger partial charge in [-0.1, -0.05) is 24.3 Å². The molecule has 0 atom stereocenters. The standard InChI is InChI=1S/C14H14FNO3S/c1-19-13-4-2-3-5-14(13)20(17,18)16-10-11-6-8-12(15)9-7-11/h2-9,16H,10H2,1H3. The number of para-hydroxylation sites is 1. The number of rotatable bonds is 5. The van der Waals surface area contributed by atoms with E-state index in [2.05, 4.69) is 4.72 Å². The van der Waals surface area contributed by atoms with Crippen LogP contribution in [0.1, 0.15) is 5.56 Å². The van der Waals surface area contributed by atoms with Crippen LogP contribution in [0.15, 0.2) is 53.4 Å². The van der Waals surface area contributed by atoms with Gasteiger partial charge in [0.05, 0.1) is 7.11 Å². The molecule has 2 aromatic rings. The maximum Gasteiger partial charge on any atom is 0.244 e. The monoisotopic (exact) mass is 295 g/mol. The highest BCUT2D eigenvalue weighted by Crippen LogP contribution is 2.22. The van der Waals surface area contributed by atoms with E-state index in [1.165, 1.54) is 37.4 Å². The fourth-order valence-electron chi connectivity index (χ4n) is 1.70. The normalized spacial score (nSPS) is 11.3. The number of halogens is 1. The molecule has 0 amide bonds. The predicted molar refractivity (Wildman–Crippen MR) is 73.4 cm³/mol. The van der Waals surface area contributed by atoms with E-state index in [4.69, 9.17) is 4.74 Å². The van der Waals surface area contributed by atoms with Crippen LogP contribution in [0.3, 0.4) is 0 Å². The van der Waals surface area contributed by atoms with Crippen molar-refractivity contribution in [2.45, 2.75) is 11.4 Å². The summed E-state index contributed by atoms with van der Waals surface area (Å²) in [4.78, 5) is 0.0737. The van der Waals surface area contributed by atoms with Crippen LogP contribution in [0.5, 0.6) is 5.75 Å². The Hall–Kier alpha value is -1.92. The Morgan fingerprint density at radius 1 is 1.10 bits per heavy atom. The number of ether oxygens (including phenoxy) is 1. The highest BCUT2D eigenvalue weighted by atomic mass is 32.2. The molecule has 0 fully saturated rings. The summed E-state index contributed by atoms with van der Waals surface area (Å²) in [5, 5.41) is 0. The number of benzene rings is 2. The average molecular weight is 295 g/mol. The minimum absolute atomic E-state index is 0.0737. The molecule has 0 saturated heterocycles. The van der Waals surface area contributed by atoms with Gasteiger partial charge in [-0.2, -0.15) is 0 Å². The van der Waals surface area contributed by atoms with Gasteiger partial charge in [0, 0.05) is 6.54 Å². The molecule has 0 aromatic heterocycles. The Balaban J connectivity index is 2.17. The Labute approximate surface area is 117 Å². The Morgan fingerprint density at radius 3 is 2.40 bits per heavy atom. The third kappa shape index (κ3) is 3.34. The molecule has 1 N–H and O–H groups in total. The zero-order valence-electron chi connectivity index (χ0n) is 10.8. The fraction of sp³-hybridized carbons (Fsp3) is 0.143. The molecule has 0 aliphatic heterocycles. The summed E-state index contributed by atoms with van der Waals surface area (Å²) in [6.45, 7) is 0.0840. The summed E-state index contributed by atoms with van der Waals surface area (Å²) in [7, 11) is -2.27. The van der Waals surface area contributed by atoms with Crippen molar-refractivity contribution in [3.8, 4) is 5.75 Å². The third-order valence-corrected chi connectivity index (χ3v) is 4.18. The summed E-state index contributed by atoms with van der Waals surface area (Å²) >= 11 is 0. The largest absolute Gasteiger partial charge is 0.495 e. The molecule has 0 radical (unpaired) electrons. The maximum atomic E-state index is 12.8. The molecule has 0 bridgehead atoms. The van der Waals surface area contributed by atoms with Gasteiger partial charge < -0.3 is 4.74 Å². The molecular formula is C14H14FNO3S. The molecule has 2 rings (SSSR count). The van der Waals surface area contributed by atoms with E-state index in [9.17, 15) is 12.8 Å². The lowest BCUT2D eigenvalue weighted by molar-refractivity contribution is 0.402. The van der Waals surface area contributed by atoms with Crippen molar-refractivity contribution in [1.82, 2.24) is 4.72 Å². The molecule has 0 heterocycles. The first-order valence-corrected chi connectivity index (χ1v) is 7.38. The Kier molecular flexibility index (Phi) is 4.36. The van der Waals surface area contributed by atoms with Gasteiger partial charge in [0.25, 0.3) is 0 Å². The first-order valence-electron chi connectivity index (χ1n) is 5.90. The van der Waals surface area contributed by atoms with Gasteiger partial charge in [0.2, 0.25) is 10.0 Å². The summed E-state index contributed by atoms with van der Waals surface area (Å²) in [6, 6.07) is 12.0. The van der Waals surface area contributed by atoms with E-state index in [0.29, 0.717) is 5.56 Å². The van der Waals surface area contributed by atoms with Gasteiger partial charge in [-0.05, 0) is 29.8 Å². The van der Waals surface area contributed by atoms with Crippen molar-refractivity contribution < 1.29 is 17.5 Å². The van der Waals surface area contributed by atoms with Gasteiger partial charge in [-0.3, -0.25) is 0 Å². The van der Waals surface area contributed by atoms with Crippen molar-refractivity contribution in [3.05, 3.63) is 59.9 Å². The molecule has 0 saturated carbocycles. The molecule has 4 nitrogen and oxygen atoms in total.